The number of esters is 1. The van der Waals surface area contributed by atoms with Gasteiger partial charge in [-0.25, -0.2) is 0 Å². The van der Waals surface area contributed by atoms with Gasteiger partial charge in [0, 0.05) is 19.1 Å². The summed E-state index contributed by atoms with van der Waals surface area (Å²) >= 11 is 0. The first kappa shape index (κ1) is 13.5. The van der Waals surface area contributed by atoms with Gasteiger partial charge in [-0.1, -0.05) is 6.92 Å². The van der Waals surface area contributed by atoms with Gasteiger partial charge in [0.1, 0.15) is 0 Å². The van der Waals surface area contributed by atoms with Crippen LogP contribution in [0.15, 0.2) is 0 Å². The summed E-state index contributed by atoms with van der Waals surface area (Å²) in [5.74, 6) is -0.100. The number of rotatable bonds is 5. The minimum absolute atomic E-state index is 0.100. The van der Waals surface area contributed by atoms with Crippen LogP contribution >= 0.6 is 0 Å². The lowest BCUT2D eigenvalue weighted by atomic mass is 10.1. The highest BCUT2D eigenvalue weighted by molar-refractivity contribution is 5.69. The number of nitrogens with zero attached hydrogens (tertiary/aromatic N) is 1. The fourth-order valence-corrected chi connectivity index (χ4v) is 2.03. The van der Waals surface area contributed by atoms with Crippen molar-refractivity contribution in [3.05, 3.63) is 0 Å². The first-order valence-electron chi connectivity index (χ1n) is 6.18. The largest absolute Gasteiger partial charge is 0.466 e. The summed E-state index contributed by atoms with van der Waals surface area (Å²) in [7, 11) is 0. The summed E-state index contributed by atoms with van der Waals surface area (Å²) in [6.07, 6.45) is 1.82. The molecule has 0 aromatic heterocycles. The van der Waals surface area contributed by atoms with E-state index in [-0.39, 0.29) is 12.1 Å². The van der Waals surface area contributed by atoms with Crippen LogP contribution in [0.4, 0.5) is 0 Å². The van der Waals surface area contributed by atoms with Crippen LogP contribution in [0.25, 0.3) is 0 Å². The first-order chi connectivity index (χ1) is 7.67. The molecule has 1 saturated heterocycles. The summed E-state index contributed by atoms with van der Waals surface area (Å²) < 4.78 is 10.5. The van der Waals surface area contributed by atoms with Crippen molar-refractivity contribution in [1.29, 1.82) is 0 Å². The number of hydrogen-bond donors (Lipinski definition) is 0. The number of carbonyl (C=O) groups excluding carboxylic acids is 1. The minimum Gasteiger partial charge on any atom is -0.466 e. The zero-order valence-corrected chi connectivity index (χ0v) is 10.6. The molecule has 1 rings (SSSR count). The average molecular weight is 229 g/mol. The maximum Gasteiger partial charge on any atom is 0.307 e. The second-order valence-corrected chi connectivity index (χ2v) is 4.26. The number of ether oxygens (including phenoxy) is 2. The van der Waals surface area contributed by atoms with E-state index < -0.39 is 0 Å². The van der Waals surface area contributed by atoms with Crippen LogP contribution < -0.4 is 0 Å². The lowest BCUT2D eigenvalue weighted by molar-refractivity contribution is -0.144. The van der Waals surface area contributed by atoms with Gasteiger partial charge < -0.3 is 9.47 Å². The van der Waals surface area contributed by atoms with Crippen LogP contribution in [0, 0.1) is 0 Å². The molecular weight excluding hydrogens is 206 g/mol. The van der Waals surface area contributed by atoms with Crippen molar-refractivity contribution in [2.75, 3.05) is 26.3 Å². The number of morpholine rings is 1. The Bertz CT molecular complexity index is 220. The molecule has 1 aliphatic heterocycles. The molecule has 2 atom stereocenters. The van der Waals surface area contributed by atoms with Gasteiger partial charge in [0.25, 0.3) is 0 Å². The lowest BCUT2D eigenvalue weighted by Crippen LogP contribution is -2.49. The first-order valence-corrected chi connectivity index (χ1v) is 6.18. The van der Waals surface area contributed by atoms with Crippen molar-refractivity contribution in [3.8, 4) is 0 Å². The molecule has 0 saturated carbocycles. The monoisotopic (exact) mass is 229 g/mol. The highest BCUT2D eigenvalue weighted by Gasteiger charge is 2.25. The summed E-state index contributed by atoms with van der Waals surface area (Å²) in [6, 6.07) is 0.450. The maximum atomic E-state index is 11.3. The molecule has 4 heteroatoms. The van der Waals surface area contributed by atoms with E-state index >= 15 is 0 Å². The molecule has 0 spiro atoms. The molecule has 1 heterocycles. The Kier molecular flexibility index (Phi) is 5.77. The van der Waals surface area contributed by atoms with Gasteiger partial charge in [-0.15, -0.1) is 0 Å². The van der Waals surface area contributed by atoms with Gasteiger partial charge in [0.15, 0.2) is 0 Å². The second-order valence-electron chi connectivity index (χ2n) is 4.26. The molecule has 1 aliphatic rings. The van der Waals surface area contributed by atoms with E-state index in [2.05, 4.69) is 18.7 Å². The molecule has 0 radical (unpaired) electrons. The number of carbonyl (C=O) groups is 1. The van der Waals surface area contributed by atoms with Gasteiger partial charge in [-0.05, 0) is 20.3 Å². The molecule has 0 aromatic rings. The number of hydrogen-bond acceptors (Lipinski definition) is 4. The van der Waals surface area contributed by atoms with E-state index in [1.807, 2.05) is 6.92 Å². The van der Waals surface area contributed by atoms with E-state index in [0.717, 1.165) is 26.1 Å². The predicted molar refractivity (Wildman–Crippen MR) is 62.3 cm³/mol. The minimum atomic E-state index is -0.100. The molecule has 4 nitrogen and oxygen atoms in total. The van der Waals surface area contributed by atoms with Gasteiger partial charge in [-0.2, -0.15) is 0 Å². The summed E-state index contributed by atoms with van der Waals surface area (Å²) in [4.78, 5) is 13.6. The summed E-state index contributed by atoms with van der Waals surface area (Å²) in [5, 5.41) is 0. The molecule has 94 valence electrons. The summed E-state index contributed by atoms with van der Waals surface area (Å²) in [5.41, 5.74) is 0. The van der Waals surface area contributed by atoms with Crippen LogP contribution in [0.5, 0.6) is 0 Å². The standard InChI is InChI=1S/C12H23NO3/c1-4-11-9-16-10(3)8-13(11)7-6-12(14)15-5-2/h10-11H,4-9H2,1-3H3. The predicted octanol–water partition coefficient (Wildman–Crippen LogP) is 1.44. The van der Waals surface area contributed by atoms with Crippen molar-refractivity contribution in [2.24, 2.45) is 0 Å². The van der Waals surface area contributed by atoms with Gasteiger partial charge >= 0.3 is 5.97 Å². The molecule has 2 unspecified atom stereocenters. The fraction of sp³-hybridized carbons (Fsp3) is 0.917. The molecule has 0 N–H and O–H groups in total. The molecule has 0 aliphatic carbocycles. The zero-order chi connectivity index (χ0) is 12.0. The fourth-order valence-electron chi connectivity index (χ4n) is 2.03. The highest BCUT2D eigenvalue weighted by atomic mass is 16.5. The van der Waals surface area contributed by atoms with Crippen LogP contribution in [0.3, 0.4) is 0 Å². The Hall–Kier alpha value is -0.610. The highest BCUT2D eigenvalue weighted by Crippen LogP contribution is 2.14. The normalized spacial score (nSPS) is 26.7. The topological polar surface area (TPSA) is 38.8 Å². The molecule has 0 aromatic carbocycles. The van der Waals surface area contributed by atoms with Gasteiger partial charge in [0.05, 0.1) is 25.7 Å². The van der Waals surface area contributed by atoms with E-state index in [1.54, 1.807) is 0 Å². The van der Waals surface area contributed by atoms with Crippen LogP contribution in [0.2, 0.25) is 0 Å². The van der Waals surface area contributed by atoms with E-state index in [9.17, 15) is 4.79 Å². The van der Waals surface area contributed by atoms with Gasteiger partial charge in [0.2, 0.25) is 0 Å². The van der Waals surface area contributed by atoms with E-state index in [0.29, 0.717) is 19.1 Å². The third-order valence-corrected chi connectivity index (χ3v) is 2.96. The maximum absolute atomic E-state index is 11.3. The molecule has 16 heavy (non-hydrogen) atoms. The van der Waals surface area contributed by atoms with Crippen molar-refractivity contribution in [1.82, 2.24) is 4.90 Å². The second kappa shape index (κ2) is 6.86. The quantitative estimate of drug-likeness (QED) is 0.669. The van der Waals surface area contributed by atoms with Crippen LogP contribution in [-0.4, -0.2) is 49.3 Å². The molecule has 0 bridgehead atoms. The smallest absolute Gasteiger partial charge is 0.307 e. The molecule has 1 fully saturated rings. The third-order valence-electron chi connectivity index (χ3n) is 2.96. The Labute approximate surface area is 97.9 Å². The third kappa shape index (κ3) is 4.10. The molecular formula is C12H23NO3. The molecule has 0 amide bonds. The van der Waals surface area contributed by atoms with Crippen molar-refractivity contribution >= 4 is 5.97 Å². The summed E-state index contributed by atoms with van der Waals surface area (Å²) in [6.45, 7) is 9.01. The average Bonchev–Trinajstić information content (AvgIpc) is 2.27. The Morgan fingerprint density at radius 3 is 2.88 bits per heavy atom. The van der Waals surface area contributed by atoms with Crippen molar-refractivity contribution < 1.29 is 14.3 Å². The van der Waals surface area contributed by atoms with Gasteiger partial charge in [-0.3, -0.25) is 9.69 Å². The SMILES string of the molecule is CCOC(=O)CCN1CC(C)OCC1CC. The Balaban J connectivity index is 2.34. The van der Waals surface area contributed by atoms with Crippen LogP contribution in [-0.2, 0) is 14.3 Å². The Morgan fingerprint density at radius 2 is 2.25 bits per heavy atom. The van der Waals surface area contributed by atoms with E-state index in [1.165, 1.54) is 0 Å². The van der Waals surface area contributed by atoms with Crippen molar-refractivity contribution in [3.63, 3.8) is 0 Å². The Morgan fingerprint density at radius 1 is 1.50 bits per heavy atom. The van der Waals surface area contributed by atoms with Crippen molar-refractivity contribution in [2.45, 2.75) is 45.8 Å². The van der Waals surface area contributed by atoms with E-state index in [4.69, 9.17) is 9.47 Å². The zero-order valence-electron chi connectivity index (χ0n) is 10.6. The van der Waals surface area contributed by atoms with Crippen LogP contribution in [0.1, 0.15) is 33.6 Å². The lowest BCUT2D eigenvalue weighted by Gasteiger charge is -2.38.